The normalized spacial score (nSPS) is 28.9. The number of carbonyl (C=O) groups excluding carboxylic acids is 1. The van der Waals surface area contributed by atoms with Crippen LogP contribution in [0, 0.1) is 5.92 Å². The van der Waals surface area contributed by atoms with Crippen LogP contribution in [0.4, 0.5) is 0 Å². The summed E-state index contributed by atoms with van der Waals surface area (Å²) in [5, 5.41) is 9.27. The molecule has 5 nitrogen and oxygen atoms in total. The molecule has 1 aliphatic carbocycles. The molecule has 1 aromatic rings. The third kappa shape index (κ3) is 4.22. The molecule has 136 valence electrons. The van der Waals surface area contributed by atoms with Gasteiger partial charge in [-0.1, -0.05) is 18.2 Å². The predicted octanol–water partition coefficient (Wildman–Crippen LogP) is 3.35. The summed E-state index contributed by atoms with van der Waals surface area (Å²) in [6.07, 6.45) is 3.81. The van der Waals surface area contributed by atoms with Crippen LogP contribution in [0.1, 0.15) is 39.2 Å². The van der Waals surface area contributed by atoms with Gasteiger partial charge in [0.1, 0.15) is 11.9 Å². The number of carbonyl (C=O) groups is 1. The van der Waals surface area contributed by atoms with E-state index in [2.05, 4.69) is 0 Å². The third-order valence-electron chi connectivity index (χ3n) is 4.84. The molecule has 5 heteroatoms. The summed E-state index contributed by atoms with van der Waals surface area (Å²) >= 11 is 0. The lowest BCUT2D eigenvalue weighted by molar-refractivity contribution is -0.151. The van der Waals surface area contributed by atoms with Crippen LogP contribution in [0.3, 0.4) is 0 Å². The number of hydrogen-bond acceptors (Lipinski definition) is 5. The number of hydrogen-bond donors (Lipinski definition) is 1. The van der Waals surface area contributed by atoms with Gasteiger partial charge in [-0.3, -0.25) is 4.79 Å². The maximum Gasteiger partial charge on any atom is 0.306 e. The molecule has 1 heterocycles. The van der Waals surface area contributed by atoms with Crippen molar-refractivity contribution >= 4 is 5.97 Å². The van der Waals surface area contributed by atoms with Crippen LogP contribution in [0.5, 0.6) is 5.75 Å². The van der Waals surface area contributed by atoms with E-state index in [0.717, 1.165) is 17.6 Å². The summed E-state index contributed by atoms with van der Waals surface area (Å²) in [5.41, 5.74) is 2.17. The lowest BCUT2D eigenvalue weighted by atomic mass is 9.98. The Morgan fingerprint density at radius 1 is 1.32 bits per heavy atom. The fourth-order valence-corrected chi connectivity index (χ4v) is 3.75. The molecular formula is C20H26O5. The summed E-state index contributed by atoms with van der Waals surface area (Å²) in [7, 11) is 0. The highest BCUT2D eigenvalue weighted by atomic mass is 16.8. The standard InChI is InChI=1S/C20H26O5/c1-4-16-14(11-17-19(16)25-20(2,3)24-17)12-18(22)23-10-9-13-5-7-15(21)8-6-13/h4-8,14,17,19,21H,9-12H2,1-3H3/b16-4+/t14-,17+,19-/m0/s1. The second-order valence-corrected chi connectivity index (χ2v) is 7.16. The van der Waals surface area contributed by atoms with Gasteiger partial charge in [-0.25, -0.2) is 0 Å². The lowest BCUT2D eigenvalue weighted by Gasteiger charge is -2.21. The van der Waals surface area contributed by atoms with Crippen LogP contribution in [0.2, 0.25) is 0 Å². The number of fused-ring (bicyclic) bond motifs is 1. The summed E-state index contributed by atoms with van der Waals surface area (Å²) < 4.78 is 17.3. The fraction of sp³-hybridized carbons (Fsp3) is 0.550. The first-order valence-electron chi connectivity index (χ1n) is 8.83. The molecule has 1 N–H and O–H groups in total. The van der Waals surface area contributed by atoms with Gasteiger partial charge in [0.15, 0.2) is 5.79 Å². The van der Waals surface area contributed by atoms with Crippen LogP contribution in [-0.4, -0.2) is 35.7 Å². The minimum Gasteiger partial charge on any atom is -0.508 e. The molecule has 25 heavy (non-hydrogen) atoms. The van der Waals surface area contributed by atoms with E-state index >= 15 is 0 Å². The van der Waals surface area contributed by atoms with Gasteiger partial charge in [0, 0.05) is 6.42 Å². The number of esters is 1. The molecule has 0 spiro atoms. The Labute approximate surface area is 148 Å². The van der Waals surface area contributed by atoms with E-state index in [1.54, 1.807) is 12.1 Å². The molecule has 0 aromatic heterocycles. The Bertz CT molecular complexity index is 647. The zero-order chi connectivity index (χ0) is 18.0. The van der Waals surface area contributed by atoms with Gasteiger partial charge in [0.05, 0.1) is 19.1 Å². The summed E-state index contributed by atoms with van der Waals surface area (Å²) in [5.74, 6) is -0.391. The van der Waals surface area contributed by atoms with E-state index < -0.39 is 5.79 Å². The molecular weight excluding hydrogens is 320 g/mol. The number of benzene rings is 1. The average molecular weight is 346 g/mol. The smallest absolute Gasteiger partial charge is 0.306 e. The van der Waals surface area contributed by atoms with E-state index in [1.165, 1.54) is 0 Å². The van der Waals surface area contributed by atoms with Crippen molar-refractivity contribution in [1.82, 2.24) is 0 Å². The van der Waals surface area contributed by atoms with E-state index in [9.17, 15) is 9.90 Å². The minimum atomic E-state index is -0.556. The molecule has 0 unspecified atom stereocenters. The molecule has 2 aliphatic rings. The molecule has 3 rings (SSSR count). The summed E-state index contributed by atoms with van der Waals surface area (Å²) in [6, 6.07) is 6.92. The number of ether oxygens (including phenoxy) is 3. The van der Waals surface area contributed by atoms with Crippen molar-refractivity contribution in [2.24, 2.45) is 5.92 Å². The van der Waals surface area contributed by atoms with E-state index in [0.29, 0.717) is 19.4 Å². The molecule has 1 aliphatic heterocycles. The van der Waals surface area contributed by atoms with Crippen molar-refractivity contribution in [3.05, 3.63) is 41.5 Å². The second kappa shape index (κ2) is 7.18. The lowest BCUT2D eigenvalue weighted by Crippen LogP contribution is -2.24. The van der Waals surface area contributed by atoms with Crippen molar-refractivity contribution in [2.75, 3.05) is 6.61 Å². The molecule has 3 atom stereocenters. The van der Waals surface area contributed by atoms with Crippen LogP contribution >= 0.6 is 0 Å². The highest BCUT2D eigenvalue weighted by Crippen LogP contribution is 2.45. The largest absolute Gasteiger partial charge is 0.508 e. The zero-order valence-corrected chi connectivity index (χ0v) is 15.0. The maximum atomic E-state index is 12.2. The molecule has 1 saturated carbocycles. The quantitative estimate of drug-likeness (QED) is 0.654. The van der Waals surface area contributed by atoms with Gasteiger partial charge in [-0.15, -0.1) is 0 Å². The van der Waals surface area contributed by atoms with Gasteiger partial charge in [-0.05, 0) is 56.4 Å². The Morgan fingerprint density at radius 2 is 2.04 bits per heavy atom. The highest BCUT2D eigenvalue weighted by Gasteiger charge is 2.50. The third-order valence-corrected chi connectivity index (χ3v) is 4.84. The van der Waals surface area contributed by atoms with Gasteiger partial charge < -0.3 is 19.3 Å². The maximum absolute atomic E-state index is 12.2. The van der Waals surface area contributed by atoms with Crippen LogP contribution in [-0.2, 0) is 25.4 Å². The van der Waals surface area contributed by atoms with Crippen LogP contribution < -0.4 is 0 Å². The van der Waals surface area contributed by atoms with Gasteiger partial charge in [0.2, 0.25) is 0 Å². The Balaban J connectivity index is 1.47. The Kier molecular flexibility index (Phi) is 5.16. The second-order valence-electron chi connectivity index (χ2n) is 7.16. The molecule has 1 saturated heterocycles. The van der Waals surface area contributed by atoms with E-state index in [1.807, 2.05) is 39.0 Å². The first-order valence-corrected chi connectivity index (χ1v) is 8.83. The van der Waals surface area contributed by atoms with Crippen molar-refractivity contribution in [2.45, 2.75) is 58.0 Å². The van der Waals surface area contributed by atoms with Crippen molar-refractivity contribution < 1.29 is 24.1 Å². The van der Waals surface area contributed by atoms with Crippen molar-refractivity contribution in [1.29, 1.82) is 0 Å². The zero-order valence-electron chi connectivity index (χ0n) is 15.0. The fourth-order valence-electron chi connectivity index (χ4n) is 3.75. The van der Waals surface area contributed by atoms with Gasteiger partial charge >= 0.3 is 5.97 Å². The molecule has 2 fully saturated rings. The number of aromatic hydroxyl groups is 1. The highest BCUT2D eigenvalue weighted by molar-refractivity contribution is 5.70. The molecule has 0 amide bonds. The monoisotopic (exact) mass is 346 g/mol. The first-order chi connectivity index (χ1) is 11.9. The molecule has 1 aromatic carbocycles. The Hall–Kier alpha value is -1.85. The van der Waals surface area contributed by atoms with E-state index in [4.69, 9.17) is 14.2 Å². The SMILES string of the molecule is C/C=C1\[C@H](CC(=O)OCCc2ccc(O)cc2)C[C@H]2OC(C)(C)O[C@@H]12. The van der Waals surface area contributed by atoms with Crippen LogP contribution in [0.15, 0.2) is 35.9 Å². The molecule has 0 radical (unpaired) electrons. The summed E-state index contributed by atoms with van der Waals surface area (Å²) in [4.78, 5) is 12.2. The Morgan fingerprint density at radius 3 is 2.72 bits per heavy atom. The van der Waals surface area contributed by atoms with Gasteiger partial charge in [0.25, 0.3) is 0 Å². The first kappa shape index (κ1) is 18.0. The molecule has 0 bridgehead atoms. The number of phenolic OH excluding ortho intramolecular Hbond substituents is 1. The minimum absolute atomic E-state index is 0.0241. The van der Waals surface area contributed by atoms with Crippen molar-refractivity contribution in [3.8, 4) is 5.75 Å². The number of rotatable bonds is 5. The van der Waals surface area contributed by atoms with Crippen molar-refractivity contribution in [3.63, 3.8) is 0 Å². The summed E-state index contributed by atoms with van der Waals surface area (Å²) in [6.45, 7) is 6.17. The topological polar surface area (TPSA) is 65.0 Å². The van der Waals surface area contributed by atoms with Gasteiger partial charge in [-0.2, -0.15) is 0 Å². The number of allylic oxidation sites excluding steroid dienone is 1. The van der Waals surface area contributed by atoms with E-state index in [-0.39, 0.29) is 29.8 Å². The predicted molar refractivity (Wildman–Crippen MR) is 93.1 cm³/mol. The number of phenols is 1. The van der Waals surface area contributed by atoms with Crippen LogP contribution in [0.25, 0.3) is 0 Å². The average Bonchev–Trinajstić information content (AvgIpc) is 3.00.